The molecule has 276 valence electrons. The molecule has 2 nitrogen and oxygen atoms in total. The number of allylic oxidation sites excluding steroid dienone is 6. The molecule has 0 atom stereocenters. The Hall–Kier alpha value is -7.16. The smallest absolute Gasteiger partial charge is 0.143 e. The van der Waals surface area contributed by atoms with Gasteiger partial charge in [0.25, 0.3) is 0 Å². The second kappa shape index (κ2) is 13.5. The van der Waals surface area contributed by atoms with Crippen LogP contribution in [0.5, 0.6) is 0 Å². The highest BCUT2D eigenvalue weighted by atomic mass is 16.3. The van der Waals surface area contributed by atoms with Crippen molar-refractivity contribution in [3.8, 4) is 44.5 Å². The third-order valence-electron chi connectivity index (χ3n) is 12.3. The number of rotatable bonds is 6. The van der Waals surface area contributed by atoms with Gasteiger partial charge in [-0.05, 0) is 111 Å². The fraction of sp³-hybridized carbons (Fsp3) is 0.0714. The third kappa shape index (κ3) is 5.64. The first-order chi connectivity index (χ1) is 28.5. The van der Waals surface area contributed by atoms with Crippen molar-refractivity contribution >= 4 is 40.2 Å². The van der Waals surface area contributed by atoms with Gasteiger partial charge in [0.15, 0.2) is 0 Å². The maximum Gasteiger partial charge on any atom is 0.143 e. The number of nitrogens with zero attached hydrogens (tertiary/aromatic N) is 1. The summed E-state index contributed by atoms with van der Waals surface area (Å²) in [6.45, 7) is 4.71. The number of furan rings is 1. The molecular weight excluding hydrogens is 703 g/mol. The van der Waals surface area contributed by atoms with Crippen molar-refractivity contribution < 1.29 is 4.42 Å². The summed E-state index contributed by atoms with van der Waals surface area (Å²) in [5, 5.41) is 2.27. The SMILES string of the molecule is CC1(C)c2ccccc2-c2ccc(N(c3ccc(-c4cccc(-c5ccccc5)c4)cc3)c3ccccc3-c3cccc4c5c(oc34)=CC3=CC=CC=C(C=5)C3)cc21. The predicted molar refractivity (Wildman–Crippen MR) is 243 cm³/mol. The highest BCUT2D eigenvalue weighted by Crippen LogP contribution is 2.51. The first-order valence-electron chi connectivity index (χ1n) is 20.2. The van der Waals surface area contributed by atoms with Crippen molar-refractivity contribution in [1.82, 2.24) is 0 Å². The normalized spacial score (nSPS) is 14.5. The Balaban J connectivity index is 1.09. The van der Waals surface area contributed by atoms with Crippen molar-refractivity contribution in [3.05, 3.63) is 221 Å². The van der Waals surface area contributed by atoms with Crippen LogP contribution in [0.25, 0.3) is 67.6 Å². The summed E-state index contributed by atoms with van der Waals surface area (Å²) in [5.74, 6) is 0. The van der Waals surface area contributed by atoms with Crippen molar-refractivity contribution in [2.24, 2.45) is 0 Å². The Morgan fingerprint density at radius 1 is 0.483 bits per heavy atom. The zero-order valence-electron chi connectivity index (χ0n) is 32.6. The lowest BCUT2D eigenvalue weighted by atomic mass is 9.82. The highest BCUT2D eigenvalue weighted by Gasteiger charge is 2.36. The molecule has 11 rings (SSSR count). The van der Waals surface area contributed by atoms with Gasteiger partial charge < -0.3 is 9.32 Å². The van der Waals surface area contributed by atoms with E-state index in [4.69, 9.17) is 4.42 Å². The van der Waals surface area contributed by atoms with E-state index in [0.29, 0.717) is 0 Å². The molecule has 0 spiro atoms. The van der Waals surface area contributed by atoms with Gasteiger partial charge in [0.05, 0.1) is 5.69 Å². The molecule has 2 bridgehead atoms. The summed E-state index contributed by atoms with van der Waals surface area (Å²) in [6.07, 6.45) is 14.1. The molecule has 8 aromatic rings. The third-order valence-corrected chi connectivity index (χ3v) is 12.3. The molecule has 58 heavy (non-hydrogen) atoms. The van der Waals surface area contributed by atoms with E-state index in [-0.39, 0.29) is 5.41 Å². The molecule has 0 saturated heterocycles. The Kier molecular flexibility index (Phi) is 7.94. The summed E-state index contributed by atoms with van der Waals surface area (Å²) >= 11 is 0. The van der Waals surface area contributed by atoms with E-state index in [1.165, 1.54) is 55.7 Å². The molecule has 0 fully saturated rings. The van der Waals surface area contributed by atoms with Crippen LogP contribution in [0.2, 0.25) is 0 Å². The summed E-state index contributed by atoms with van der Waals surface area (Å²) in [6, 6.07) is 59.8. The largest absolute Gasteiger partial charge is 0.455 e. The summed E-state index contributed by atoms with van der Waals surface area (Å²) in [5.41, 5.74) is 19.8. The van der Waals surface area contributed by atoms with E-state index >= 15 is 0 Å². The van der Waals surface area contributed by atoms with Gasteiger partial charge >= 0.3 is 0 Å². The Morgan fingerprint density at radius 2 is 1.10 bits per heavy atom. The average Bonchev–Trinajstić information content (AvgIpc) is 3.51. The quantitative estimate of drug-likeness (QED) is 0.169. The van der Waals surface area contributed by atoms with Crippen LogP contribution in [0.4, 0.5) is 17.1 Å². The molecule has 0 unspecified atom stereocenters. The van der Waals surface area contributed by atoms with Crippen molar-refractivity contribution in [2.45, 2.75) is 25.7 Å². The molecule has 3 aliphatic rings. The number of para-hydroxylation sites is 2. The Bertz CT molecular complexity index is 3150. The lowest BCUT2D eigenvalue weighted by Crippen LogP contribution is -2.19. The molecule has 7 aromatic carbocycles. The van der Waals surface area contributed by atoms with E-state index in [9.17, 15) is 0 Å². The number of anilines is 3. The molecular formula is C56H41NO. The molecule has 0 amide bonds. The van der Waals surface area contributed by atoms with Gasteiger partial charge in [-0.2, -0.15) is 0 Å². The van der Waals surface area contributed by atoms with E-state index in [1.807, 2.05) is 0 Å². The maximum atomic E-state index is 6.88. The molecule has 0 aliphatic heterocycles. The van der Waals surface area contributed by atoms with Crippen molar-refractivity contribution in [1.29, 1.82) is 0 Å². The molecule has 0 radical (unpaired) electrons. The van der Waals surface area contributed by atoms with Crippen LogP contribution in [0, 0.1) is 0 Å². The standard InChI is InChI=1S/C56H41NO/c1-56(2)51-24-10-8-20-45(51)46-31-30-44(36-52(46)56)57(43-28-26-40(27-29-43)42-19-12-18-41(35-42)39-16-4-3-5-17-39)53-25-11-9-21-47(53)48-22-13-23-49-50-33-37-14-6-7-15-38(32-37)34-54(50)58-55(48)49/h3-31,33-36H,32H2,1-2H3. The van der Waals surface area contributed by atoms with Crippen molar-refractivity contribution in [3.63, 3.8) is 0 Å². The van der Waals surface area contributed by atoms with Crippen LogP contribution in [0.1, 0.15) is 31.4 Å². The lowest BCUT2D eigenvalue weighted by Gasteiger charge is -2.30. The van der Waals surface area contributed by atoms with Crippen LogP contribution in [0.15, 0.2) is 204 Å². The van der Waals surface area contributed by atoms with Crippen LogP contribution < -0.4 is 15.5 Å². The Labute approximate surface area is 339 Å². The summed E-state index contributed by atoms with van der Waals surface area (Å²) in [7, 11) is 0. The van der Waals surface area contributed by atoms with E-state index in [2.05, 4.69) is 219 Å². The Morgan fingerprint density at radius 3 is 1.91 bits per heavy atom. The monoisotopic (exact) mass is 743 g/mol. The van der Waals surface area contributed by atoms with Crippen LogP contribution in [0.3, 0.4) is 0 Å². The second-order valence-corrected chi connectivity index (χ2v) is 16.1. The lowest BCUT2D eigenvalue weighted by molar-refractivity contribution is 0.576. The number of hydrogen-bond donors (Lipinski definition) is 0. The molecule has 0 N–H and O–H groups in total. The average molecular weight is 744 g/mol. The van der Waals surface area contributed by atoms with Gasteiger partial charge in [-0.15, -0.1) is 0 Å². The van der Waals surface area contributed by atoms with Crippen molar-refractivity contribution in [2.75, 3.05) is 4.90 Å². The summed E-state index contributed by atoms with van der Waals surface area (Å²) in [4.78, 5) is 2.43. The fourth-order valence-electron chi connectivity index (χ4n) is 9.36. The minimum absolute atomic E-state index is 0.136. The van der Waals surface area contributed by atoms with Gasteiger partial charge in [-0.3, -0.25) is 0 Å². The highest BCUT2D eigenvalue weighted by molar-refractivity contribution is 6.00. The first-order valence-corrected chi connectivity index (χ1v) is 20.2. The van der Waals surface area contributed by atoms with Gasteiger partial charge in [0.1, 0.15) is 11.0 Å². The van der Waals surface area contributed by atoms with Crippen LogP contribution >= 0.6 is 0 Å². The maximum absolute atomic E-state index is 6.88. The van der Waals surface area contributed by atoms with Gasteiger partial charge in [0, 0.05) is 38.5 Å². The van der Waals surface area contributed by atoms with Gasteiger partial charge in [-0.25, -0.2) is 0 Å². The number of fused-ring (bicyclic) bond motifs is 8. The number of benzene rings is 7. The molecule has 1 aromatic heterocycles. The fourth-order valence-corrected chi connectivity index (χ4v) is 9.36. The topological polar surface area (TPSA) is 16.4 Å². The minimum Gasteiger partial charge on any atom is -0.455 e. The number of hydrogen-bond acceptors (Lipinski definition) is 2. The van der Waals surface area contributed by atoms with Crippen LogP contribution in [-0.4, -0.2) is 0 Å². The van der Waals surface area contributed by atoms with Gasteiger partial charge in [0.2, 0.25) is 0 Å². The zero-order chi connectivity index (χ0) is 38.8. The van der Waals surface area contributed by atoms with E-state index < -0.39 is 0 Å². The molecule has 2 heteroatoms. The zero-order valence-corrected chi connectivity index (χ0v) is 32.6. The molecule has 3 aliphatic carbocycles. The predicted octanol–water partition coefficient (Wildman–Crippen LogP) is 13.6. The van der Waals surface area contributed by atoms with Crippen LogP contribution in [-0.2, 0) is 5.41 Å². The summed E-state index contributed by atoms with van der Waals surface area (Å²) < 4.78 is 6.88. The first kappa shape index (κ1) is 34.1. The van der Waals surface area contributed by atoms with E-state index in [0.717, 1.165) is 56.2 Å². The van der Waals surface area contributed by atoms with Gasteiger partial charge in [-0.1, -0.05) is 166 Å². The minimum atomic E-state index is -0.136. The second-order valence-electron chi connectivity index (χ2n) is 16.1. The van der Waals surface area contributed by atoms with E-state index in [1.54, 1.807) is 0 Å². The molecule has 0 saturated carbocycles. The molecule has 1 heterocycles.